The number of carbonyl (C=O) groups is 1. The molecule has 1 aromatic rings. The molecule has 1 amide bonds. The van der Waals surface area contributed by atoms with E-state index in [0.717, 1.165) is 11.3 Å². The second-order valence-electron chi connectivity index (χ2n) is 4.10. The van der Waals surface area contributed by atoms with Gasteiger partial charge in [0, 0.05) is 18.8 Å². The summed E-state index contributed by atoms with van der Waals surface area (Å²) in [5.74, 6) is -0.175. The van der Waals surface area contributed by atoms with E-state index >= 15 is 0 Å². The van der Waals surface area contributed by atoms with Gasteiger partial charge in [0.15, 0.2) is 0 Å². The van der Waals surface area contributed by atoms with Crippen molar-refractivity contribution in [2.75, 3.05) is 25.1 Å². The van der Waals surface area contributed by atoms with Crippen LogP contribution in [0.1, 0.15) is 19.4 Å². The van der Waals surface area contributed by atoms with Crippen molar-refractivity contribution in [3.8, 4) is 0 Å². The Morgan fingerprint density at radius 2 is 2.21 bits per heavy atom. The molecule has 0 aliphatic heterocycles. The van der Waals surface area contributed by atoms with Gasteiger partial charge in [-0.2, -0.15) is 0 Å². The standard InChI is InChI=1S/C14H22N2O3/c1-3-18-7-8-19-11(2)14(17)16-13-6-4-5-12(9-13)10-15/h4-6,9,11H,3,7-8,10,15H2,1-2H3,(H,16,17). The van der Waals surface area contributed by atoms with Crippen LogP contribution in [-0.2, 0) is 20.8 Å². The van der Waals surface area contributed by atoms with E-state index in [9.17, 15) is 4.79 Å². The van der Waals surface area contributed by atoms with Gasteiger partial charge in [-0.25, -0.2) is 0 Å². The molecule has 1 aromatic carbocycles. The molecule has 0 radical (unpaired) electrons. The average Bonchev–Trinajstić information content (AvgIpc) is 2.43. The van der Waals surface area contributed by atoms with Crippen molar-refractivity contribution in [3.63, 3.8) is 0 Å². The van der Waals surface area contributed by atoms with Crippen molar-refractivity contribution in [2.45, 2.75) is 26.5 Å². The minimum atomic E-state index is -0.512. The Morgan fingerprint density at radius 3 is 2.89 bits per heavy atom. The molecule has 0 aliphatic carbocycles. The number of rotatable bonds is 8. The van der Waals surface area contributed by atoms with Crippen molar-refractivity contribution in [2.24, 2.45) is 5.73 Å². The van der Waals surface area contributed by atoms with Crippen LogP contribution in [0.25, 0.3) is 0 Å². The van der Waals surface area contributed by atoms with Crippen LogP contribution < -0.4 is 11.1 Å². The fourth-order valence-electron chi connectivity index (χ4n) is 1.52. The van der Waals surface area contributed by atoms with Gasteiger partial charge in [0.1, 0.15) is 6.10 Å². The second kappa shape index (κ2) is 8.63. The number of amides is 1. The number of ether oxygens (including phenoxy) is 2. The quantitative estimate of drug-likeness (QED) is 0.700. The monoisotopic (exact) mass is 266 g/mol. The first-order valence-electron chi connectivity index (χ1n) is 6.46. The first kappa shape index (κ1) is 15.6. The number of nitrogens with one attached hydrogen (secondary N) is 1. The van der Waals surface area contributed by atoms with E-state index in [4.69, 9.17) is 15.2 Å². The van der Waals surface area contributed by atoms with E-state index in [2.05, 4.69) is 5.32 Å². The topological polar surface area (TPSA) is 73.6 Å². The molecule has 0 fully saturated rings. The maximum Gasteiger partial charge on any atom is 0.253 e. The normalized spacial score (nSPS) is 12.2. The van der Waals surface area contributed by atoms with Gasteiger partial charge in [-0.15, -0.1) is 0 Å². The van der Waals surface area contributed by atoms with Gasteiger partial charge in [-0.05, 0) is 31.5 Å². The molecule has 1 rings (SSSR count). The Kier molecular flexibility index (Phi) is 7.10. The Bertz CT molecular complexity index is 396. The molecule has 0 saturated heterocycles. The maximum atomic E-state index is 11.9. The minimum Gasteiger partial charge on any atom is -0.379 e. The lowest BCUT2D eigenvalue weighted by Gasteiger charge is -2.13. The Hall–Kier alpha value is -1.43. The third-order valence-electron chi connectivity index (χ3n) is 2.60. The van der Waals surface area contributed by atoms with Gasteiger partial charge in [0.2, 0.25) is 0 Å². The first-order chi connectivity index (χ1) is 9.17. The summed E-state index contributed by atoms with van der Waals surface area (Å²) in [6.07, 6.45) is -0.512. The molecular formula is C14H22N2O3. The molecule has 0 saturated carbocycles. The van der Waals surface area contributed by atoms with Crippen LogP contribution in [0.4, 0.5) is 5.69 Å². The molecule has 3 N–H and O–H groups in total. The summed E-state index contributed by atoms with van der Waals surface area (Å²) in [6, 6.07) is 7.45. The number of carbonyl (C=O) groups excluding carboxylic acids is 1. The summed E-state index contributed by atoms with van der Waals surface area (Å²) < 4.78 is 10.5. The average molecular weight is 266 g/mol. The molecule has 5 nitrogen and oxygen atoms in total. The highest BCUT2D eigenvalue weighted by Gasteiger charge is 2.13. The van der Waals surface area contributed by atoms with E-state index in [1.807, 2.05) is 31.2 Å². The number of nitrogens with two attached hydrogens (primary N) is 1. The Labute approximate surface area is 114 Å². The van der Waals surface area contributed by atoms with Crippen molar-refractivity contribution in [1.29, 1.82) is 0 Å². The zero-order valence-corrected chi connectivity index (χ0v) is 11.5. The van der Waals surface area contributed by atoms with E-state index in [1.165, 1.54) is 0 Å². The molecule has 0 aliphatic rings. The molecule has 0 spiro atoms. The van der Waals surface area contributed by atoms with Gasteiger partial charge in [-0.1, -0.05) is 12.1 Å². The minimum absolute atomic E-state index is 0.175. The molecule has 0 aromatic heterocycles. The van der Waals surface area contributed by atoms with E-state index in [0.29, 0.717) is 26.4 Å². The van der Waals surface area contributed by atoms with Crippen molar-refractivity contribution < 1.29 is 14.3 Å². The zero-order valence-electron chi connectivity index (χ0n) is 11.5. The van der Waals surface area contributed by atoms with E-state index in [-0.39, 0.29) is 5.91 Å². The molecule has 1 atom stereocenters. The summed E-state index contributed by atoms with van der Waals surface area (Å²) in [6.45, 7) is 5.64. The van der Waals surface area contributed by atoms with Crippen LogP contribution in [0.5, 0.6) is 0 Å². The second-order valence-corrected chi connectivity index (χ2v) is 4.10. The molecular weight excluding hydrogens is 244 g/mol. The van der Waals surface area contributed by atoms with Crippen LogP contribution in [0.2, 0.25) is 0 Å². The smallest absolute Gasteiger partial charge is 0.253 e. The van der Waals surface area contributed by atoms with E-state index < -0.39 is 6.10 Å². The first-order valence-corrected chi connectivity index (χ1v) is 6.46. The van der Waals surface area contributed by atoms with Crippen LogP contribution in [0.15, 0.2) is 24.3 Å². The molecule has 0 heterocycles. The fourth-order valence-corrected chi connectivity index (χ4v) is 1.52. The van der Waals surface area contributed by atoms with Crippen molar-refractivity contribution >= 4 is 11.6 Å². The lowest BCUT2D eigenvalue weighted by Crippen LogP contribution is -2.28. The largest absolute Gasteiger partial charge is 0.379 e. The highest BCUT2D eigenvalue weighted by molar-refractivity contribution is 5.93. The van der Waals surface area contributed by atoms with Gasteiger partial charge in [0.05, 0.1) is 13.2 Å². The predicted octanol–water partition coefficient (Wildman–Crippen LogP) is 1.53. The maximum absolute atomic E-state index is 11.9. The SMILES string of the molecule is CCOCCOC(C)C(=O)Nc1cccc(CN)c1. The Morgan fingerprint density at radius 1 is 1.42 bits per heavy atom. The Balaban J connectivity index is 2.40. The molecule has 1 unspecified atom stereocenters. The third kappa shape index (κ3) is 5.83. The highest BCUT2D eigenvalue weighted by Crippen LogP contribution is 2.10. The number of hydrogen-bond acceptors (Lipinski definition) is 4. The van der Waals surface area contributed by atoms with Gasteiger partial charge in [0.25, 0.3) is 5.91 Å². The number of anilines is 1. The van der Waals surface area contributed by atoms with Crippen LogP contribution >= 0.6 is 0 Å². The summed E-state index contributed by atoms with van der Waals surface area (Å²) in [5, 5.41) is 2.80. The predicted molar refractivity (Wildman–Crippen MR) is 74.9 cm³/mol. The van der Waals surface area contributed by atoms with Gasteiger partial charge < -0.3 is 20.5 Å². The van der Waals surface area contributed by atoms with Crippen LogP contribution in [-0.4, -0.2) is 31.8 Å². The number of benzene rings is 1. The number of hydrogen-bond donors (Lipinski definition) is 2. The summed E-state index contributed by atoms with van der Waals surface area (Å²) in [7, 11) is 0. The fraction of sp³-hybridized carbons (Fsp3) is 0.500. The van der Waals surface area contributed by atoms with E-state index in [1.54, 1.807) is 6.92 Å². The molecule has 0 bridgehead atoms. The third-order valence-corrected chi connectivity index (χ3v) is 2.60. The highest BCUT2D eigenvalue weighted by atomic mass is 16.5. The van der Waals surface area contributed by atoms with Crippen molar-refractivity contribution in [1.82, 2.24) is 0 Å². The lowest BCUT2D eigenvalue weighted by molar-refractivity contribution is -0.127. The van der Waals surface area contributed by atoms with Gasteiger partial charge >= 0.3 is 0 Å². The lowest BCUT2D eigenvalue weighted by atomic mass is 10.2. The summed E-state index contributed by atoms with van der Waals surface area (Å²) >= 11 is 0. The van der Waals surface area contributed by atoms with Gasteiger partial charge in [-0.3, -0.25) is 4.79 Å². The van der Waals surface area contributed by atoms with Crippen LogP contribution in [0, 0.1) is 0 Å². The summed E-state index contributed by atoms with van der Waals surface area (Å²) in [4.78, 5) is 11.9. The molecule has 106 valence electrons. The summed E-state index contributed by atoms with van der Waals surface area (Å²) in [5.41, 5.74) is 7.26. The molecule has 19 heavy (non-hydrogen) atoms. The van der Waals surface area contributed by atoms with Crippen molar-refractivity contribution in [3.05, 3.63) is 29.8 Å². The van der Waals surface area contributed by atoms with Crippen LogP contribution in [0.3, 0.4) is 0 Å². The molecule has 5 heteroatoms. The zero-order chi connectivity index (χ0) is 14.1.